The molecule has 11 heteroatoms. The molecule has 3 amide bonds. The van der Waals surface area contributed by atoms with Crippen molar-refractivity contribution in [2.75, 3.05) is 37.7 Å². The second kappa shape index (κ2) is 7.80. The van der Waals surface area contributed by atoms with Gasteiger partial charge in [-0.2, -0.15) is 13.2 Å². The van der Waals surface area contributed by atoms with Crippen molar-refractivity contribution in [2.24, 2.45) is 0 Å². The summed E-state index contributed by atoms with van der Waals surface area (Å²) < 4.78 is 37.0. The molecule has 8 nitrogen and oxygen atoms in total. The van der Waals surface area contributed by atoms with Gasteiger partial charge in [-0.1, -0.05) is 18.2 Å². The normalized spacial score (nSPS) is 19.0. The Morgan fingerprint density at radius 1 is 1.14 bits per heavy atom. The smallest absolute Gasteiger partial charge is 0.407 e. The number of rotatable bonds is 4. The highest BCUT2D eigenvalue weighted by molar-refractivity contribution is 5.96. The van der Waals surface area contributed by atoms with E-state index in [9.17, 15) is 32.7 Å². The molecule has 3 rings (SSSR count). The second-order valence-corrected chi connectivity index (χ2v) is 7.10. The molecule has 1 aromatic carbocycles. The van der Waals surface area contributed by atoms with E-state index in [0.29, 0.717) is 0 Å². The molecule has 0 bridgehead atoms. The molecule has 2 fully saturated rings. The number of benzene rings is 1. The Bertz CT molecular complexity index is 779. The van der Waals surface area contributed by atoms with Crippen LogP contribution in [0.4, 0.5) is 23.7 Å². The van der Waals surface area contributed by atoms with Crippen molar-refractivity contribution in [3.63, 3.8) is 0 Å². The number of hydrogen-bond donors (Lipinski definition) is 2. The number of para-hydroxylation sites is 1. The Kier molecular flexibility index (Phi) is 5.58. The zero-order valence-electron chi connectivity index (χ0n) is 15.5. The fourth-order valence-electron chi connectivity index (χ4n) is 3.82. The molecule has 2 N–H and O–H groups in total. The number of carbonyl (C=O) groups is 3. The van der Waals surface area contributed by atoms with Gasteiger partial charge in [-0.15, -0.1) is 0 Å². The lowest BCUT2D eigenvalue weighted by atomic mass is 9.85. The minimum atomic E-state index is -4.54. The van der Waals surface area contributed by atoms with Crippen LogP contribution in [0.25, 0.3) is 0 Å². The lowest BCUT2D eigenvalue weighted by molar-refractivity contribution is -0.142. The standard InChI is InChI=1S/C18H21F3N4O4/c19-18(20,21)11-22-14(26)10-24-12-25(13-4-2-1-3-5-13)17(15(24)27)6-8-23(9-7-17)16(28)29/h1-5H,6-12H2,(H,22,26)(H,28,29). The molecule has 0 unspecified atom stereocenters. The highest BCUT2D eigenvalue weighted by atomic mass is 19.4. The predicted molar refractivity (Wildman–Crippen MR) is 96.1 cm³/mol. The van der Waals surface area contributed by atoms with Crippen LogP contribution in [-0.2, 0) is 9.59 Å². The van der Waals surface area contributed by atoms with Gasteiger partial charge in [-0.05, 0) is 25.0 Å². The minimum Gasteiger partial charge on any atom is -0.465 e. The van der Waals surface area contributed by atoms with E-state index in [-0.39, 0.29) is 38.5 Å². The Labute approximate surface area is 164 Å². The summed E-state index contributed by atoms with van der Waals surface area (Å²) in [5.41, 5.74) is -0.305. The first-order chi connectivity index (χ1) is 13.6. The van der Waals surface area contributed by atoms with Crippen molar-refractivity contribution in [3.05, 3.63) is 30.3 Å². The quantitative estimate of drug-likeness (QED) is 0.779. The van der Waals surface area contributed by atoms with Gasteiger partial charge in [0.1, 0.15) is 18.6 Å². The monoisotopic (exact) mass is 414 g/mol. The summed E-state index contributed by atoms with van der Waals surface area (Å²) in [6, 6.07) is 8.98. The molecule has 0 radical (unpaired) electrons. The van der Waals surface area contributed by atoms with Gasteiger partial charge in [0, 0.05) is 18.8 Å². The largest absolute Gasteiger partial charge is 0.465 e. The van der Waals surface area contributed by atoms with E-state index in [4.69, 9.17) is 0 Å². The maximum Gasteiger partial charge on any atom is 0.407 e. The molecule has 2 heterocycles. The summed E-state index contributed by atoms with van der Waals surface area (Å²) in [5.74, 6) is -1.28. The first-order valence-corrected chi connectivity index (χ1v) is 9.06. The highest BCUT2D eigenvalue weighted by Gasteiger charge is 2.54. The lowest BCUT2D eigenvalue weighted by Gasteiger charge is -2.42. The van der Waals surface area contributed by atoms with Gasteiger partial charge in [-0.25, -0.2) is 4.79 Å². The van der Waals surface area contributed by atoms with Crippen molar-refractivity contribution >= 4 is 23.6 Å². The lowest BCUT2D eigenvalue weighted by Crippen LogP contribution is -2.57. The van der Waals surface area contributed by atoms with Crippen molar-refractivity contribution in [2.45, 2.75) is 24.6 Å². The molecule has 0 aliphatic carbocycles. The van der Waals surface area contributed by atoms with Gasteiger partial charge in [-0.3, -0.25) is 9.59 Å². The first kappa shape index (κ1) is 20.7. The predicted octanol–water partition coefficient (Wildman–Crippen LogP) is 1.48. The molecule has 2 aliphatic heterocycles. The van der Waals surface area contributed by atoms with Crippen LogP contribution >= 0.6 is 0 Å². The molecular weight excluding hydrogens is 393 g/mol. The van der Waals surface area contributed by atoms with Crippen LogP contribution in [0.5, 0.6) is 0 Å². The number of nitrogens with one attached hydrogen (secondary N) is 1. The fraction of sp³-hybridized carbons (Fsp3) is 0.500. The van der Waals surface area contributed by atoms with Crippen LogP contribution in [0, 0.1) is 0 Å². The fourth-order valence-corrected chi connectivity index (χ4v) is 3.82. The highest BCUT2D eigenvalue weighted by Crippen LogP contribution is 2.39. The van der Waals surface area contributed by atoms with Crippen molar-refractivity contribution in [3.8, 4) is 0 Å². The van der Waals surface area contributed by atoms with E-state index >= 15 is 0 Å². The minimum absolute atomic E-state index is 0.0371. The van der Waals surface area contributed by atoms with Crippen molar-refractivity contribution < 1.29 is 32.7 Å². The van der Waals surface area contributed by atoms with E-state index in [1.807, 2.05) is 11.0 Å². The van der Waals surface area contributed by atoms with Gasteiger partial charge < -0.3 is 25.1 Å². The Morgan fingerprint density at radius 2 is 1.76 bits per heavy atom. The van der Waals surface area contributed by atoms with Crippen LogP contribution in [0.15, 0.2) is 30.3 Å². The molecular formula is C18H21F3N4O4. The van der Waals surface area contributed by atoms with E-state index in [2.05, 4.69) is 0 Å². The Hall–Kier alpha value is -2.98. The van der Waals surface area contributed by atoms with Crippen LogP contribution in [0.1, 0.15) is 12.8 Å². The van der Waals surface area contributed by atoms with Crippen LogP contribution in [0.3, 0.4) is 0 Å². The third kappa shape index (κ3) is 4.38. The number of amides is 3. The van der Waals surface area contributed by atoms with E-state index < -0.39 is 36.8 Å². The maximum absolute atomic E-state index is 13.2. The topological polar surface area (TPSA) is 93.2 Å². The SMILES string of the molecule is O=C(CN1CN(c2ccccc2)C2(CCN(C(=O)O)CC2)C1=O)NCC(F)(F)F. The van der Waals surface area contributed by atoms with Crippen molar-refractivity contribution in [1.82, 2.24) is 15.1 Å². The number of halogens is 3. The van der Waals surface area contributed by atoms with Gasteiger partial charge >= 0.3 is 12.3 Å². The summed E-state index contributed by atoms with van der Waals surface area (Å²) in [7, 11) is 0. The summed E-state index contributed by atoms with van der Waals surface area (Å²) in [5, 5.41) is 11.0. The molecule has 29 heavy (non-hydrogen) atoms. The number of likely N-dealkylation sites (tertiary alicyclic amines) is 1. The average Bonchev–Trinajstić information content (AvgIpc) is 2.93. The number of anilines is 1. The maximum atomic E-state index is 13.2. The van der Waals surface area contributed by atoms with Gasteiger partial charge in [0.05, 0.1) is 6.67 Å². The van der Waals surface area contributed by atoms with E-state index in [0.717, 1.165) is 5.69 Å². The number of piperidine rings is 1. The zero-order chi connectivity index (χ0) is 21.2. The summed E-state index contributed by atoms with van der Waals surface area (Å²) in [4.78, 5) is 40.6. The third-order valence-corrected chi connectivity index (χ3v) is 5.26. The van der Waals surface area contributed by atoms with E-state index in [1.165, 1.54) is 9.80 Å². The Morgan fingerprint density at radius 3 is 2.31 bits per heavy atom. The van der Waals surface area contributed by atoms with Gasteiger partial charge in [0.25, 0.3) is 5.91 Å². The molecule has 2 saturated heterocycles. The van der Waals surface area contributed by atoms with Crippen molar-refractivity contribution in [1.29, 1.82) is 0 Å². The second-order valence-electron chi connectivity index (χ2n) is 7.10. The molecule has 0 atom stereocenters. The van der Waals surface area contributed by atoms with Crippen LogP contribution in [0.2, 0.25) is 0 Å². The average molecular weight is 414 g/mol. The molecule has 0 saturated carbocycles. The molecule has 2 aliphatic rings. The zero-order valence-corrected chi connectivity index (χ0v) is 15.5. The number of nitrogens with zero attached hydrogens (tertiary/aromatic N) is 3. The van der Waals surface area contributed by atoms with Crippen LogP contribution in [-0.4, -0.2) is 77.4 Å². The summed E-state index contributed by atoms with van der Waals surface area (Å²) in [6.45, 7) is -1.62. The number of carboxylic acid groups (broad SMARTS) is 1. The summed E-state index contributed by atoms with van der Waals surface area (Å²) in [6.07, 6.45) is -5.15. The van der Waals surface area contributed by atoms with Crippen LogP contribution < -0.4 is 10.2 Å². The number of alkyl halides is 3. The van der Waals surface area contributed by atoms with E-state index in [1.54, 1.807) is 29.6 Å². The molecule has 0 aromatic heterocycles. The third-order valence-electron chi connectivity index (χ3n) is 5.26. The number of hydrogen-bond acceptors (Lipinski definition) is 4. The Balaban J connectivity index is 1.79. The first-order valence-electron chi connectivity index (χ1n) is 9.06. The van der Waals surface area contributed by atoms with Gasteiger partial charge in [0.2, 0.25) is 5.91 Å². The molecule has 1 aromatic rings. The molecule has 1 spiro atoms. The van der Waals surface area contributed by atoms with Gasteiger partial charge in [0.15, 0.2) is 0 Å². The molecule has 158 valence electrons. The summed E-state index contributed by atoms with van der Waals surface area (Å²) >= 11 is 0. The number of carbonyl (C=O) groups excluding carboxylic acids is 2.